The Hall–Kier alpha value is -1.16. The first-order chi connectivity index (χ1) is 6.59. The minimum atomic E-state index is -0.265. The van der Waals surface area contributed by atoms with Crippen molar-refractivity contribution < 1.29 is 0 Å². The summed E-state index contributed by atoms with van der Waals surface area (Å²) in [7, 11) is 4.11. The van der Waals surface area contributed by atoms with Crippen molar-refractivity contribution in [2.75, 3.05) is 20.6 Å². The summed E-state index contributed by atoms with van der Waals surface area (Å²) < 4.78 is 0. The van der Waals surface area contributed by atoms with Crippen LogP contribution >= 0.6 is 0 Å². The van der Waals surface area contributed by atoms with Crippen LogP contribution < -0.4 is 5.69 Å². The molecule has 0 spiro atoms. The second-order valence-corrected chi connectivity index (χ2v) is 3.75. The van der Waals surface area contributed by atoms with Crippen LogP contribution in [0.1, 0.15) is 17.7 Å². The van der Waals surface area contributed by atoms with Crippen molar-refractivity contribution in [3.8, 4) is 0 Å². The molecule has 1 aromatic rings. The van der Waals surface area contributed by atoms with Crippen LogP contribution in [0.25, 0.3) is 0 Å². The van der Waals surface area contributed by atoms with E-state index in [1.54, 1.807) is 6.20 Å². The predicted octanol–water partition coefficient (Wildman–Crippen LogP) is 0.573. The fourth-order valence-corrected chi connectivity index (χ4v) is 1.34. The van der Waals surface area contributed by atoms with Gasteiger partial charge >= 0.3 is 5.69 Å². The van der Waals surface area contributed by atoms with E-state index in [1.807, 2.05) is 6.92 Å². The molecule has 0 unspecified atom stereocenters. The molecule has 4 heteroatoms. The molecular weight excluding hydrogens is 178 g/mol. The molecule has 0 aliphatic heterocycles. The van der Waals surface area contributed by atoms with Crippen LogP contribution in [-0.4, -0.2) is 35.5 Å². The van der Waals surface area contributed by atoms with Gasteiger partial charge in [0.1, 0.15) is 0 Å². The van der Waals surface area contributed by atoms with Crippen molar-refractivity contribution in [3.63, 3.8) is 0 Å². The summed E-state index contributed by atoms with van der Waals surface area (Å²) in [6, 6.07) is 0. The molecule has 1 heterocycles. The van der Waals surface area contributed by atoms with Gasteiger partial charge in [-0.1, -0.05) is 0 Å². The van der Waals surface area contributed by atoms with Gasteiger partial charge in [0.2, 0.25) is 0 Å². The van der Waals surface area contributed by atoms with E-state index >= 15 is 0 Å². The van der Waals surface area contributed by atoms with E-state index in [2.05, 4.69) is 29.0 Å². The monoisotopic (exact) mass is 195 g/mol. The normalized spacial score (nSPS) is 10.9. The lowest BCUT2D eigenvalue weighted by Gasteiger charge is -2.09. The lowest BCUT2D eigenvalue weighted by Crippen LogP contribution is -2.16. The van der Waals surface area contributed by atoms with Gasteiger partial charge in [0.05, 0.1) is 0 Å². The molecule has 1 N–H and O–H groups in total. The van der Waals surface area contributed by atoms with Gasteiger partial charge in [-0.05, 0) is 46.0 Å². The Labute approximate surface area is 84.0 Å². The van der Waals surface area contributed by atoms with Crippen LogP contribution in [0, 0.1) is 6.92 Å². The molecule has 0 saturated carbocycles. The number of H-pyrrole nitrogens is 1. The van der Waals surface area contributed by atoms with Gasteiger partial charge in [-0.3, -0.25) is 0 Å². The molecule has 0 aliphatic carbocycles. The lowest BCUT2D eigenvalue weighted by molar-refractivity contribution is 0.400. The first kappa shape index (κ1) is 10.9. The smallest absolute Gasteiger partial charge is 0.310 e. The van der Waals surface area contributed by atoms with Crippen molar-refractivity contribution in [1.29, 1.82) is 0 Å². The van der Waals surface area contributed by atoms with Gasteiger partial charge in [-0.2, -0.15) is 0 Å². The van der Waals surface area contributed by atoms with Gasteiger partial charge < -0.3 is 9.88 Å². The summed E-state index contributed by atoms with van der Waals surface area (Å²) >= 11 is 0. The third-order valence-corrected chi connectivity index (χ3v) is 2.17. The molecule has 0 fully saturated rings. The van der Waals surface area contributed by atoms with E-state index in [0.29, 0.717) is 0 Å². The maximum Gasteiger partial charge on any atom is 0.345 e. The van der Waals surface area contributed by atoms with Gasteiger partial charge in [0.15, 0.2) is 0 Å². The van der Waals surface area contributed by atoms with Gasteiger partial charge in [0.25, 0.3) is 0 Å². The largest absolute Gasteiger partial charge is 0.345 e. The lowest BCUT2D eigenvalue weighted by atomic mass is 10.1. The molecule has 0 radical (unpaired) electrons. The number of nitrogens with one attached hydrogen (secondary N) is 1. The van der Waals surface area contributed by atoms with Crippen LogP contribution in [0.4, 0.5) is 0 Å². The Kier molecular flexibility index (Phi) is 3.83. The molecule has 0 atom stereocenters. The number of hydrogen-bond donors (Lipinski definition) is 1. The zero-order valence-electron chi connectivity index (χ0n) is 9.00. The first-order valence-corrected chi connectivity index (χ1v) is 4.79. The molecule has 0 saturated heterocycles. The first-order valence-electron chi connectivity index (χ1n) is 4.79. The van der Waals surface area contributed by atoms with Crippen LogP contribution in [0.15, 0.2) is 11.0 Å². The van der Waals surface area contributed by atoms with Crippen molar-refractivity contribution in [1.82, 2.24) is 14.9 Å². The fraction of sp³-hybridized carbons (Fsp3) is 0.600. The Morgan fingerprint density at radius 2 is 2.21 bits per heavy atom. The van der Waals surface area contributed by atoms with Gasteiger partial charge in [-0.25, -0.2) is 9.78 Å². The van der Waals surface area contributed by atoms with Crippen LogP contribution in [0.5, 0.6) is 0 Å². The van der Waals surface area contributed by atoms with E-state index in [1.165, 1.54) is 0 Å². The molecule has 1 aromatic heterocycles. The van der Waals surface area contributed by atoms with Crippen molar-refractivity contribution in [2.24, 2.45) is 0 Å². The Morgan fingerprint density at radius 1 is 1.50 bits per heavy atom. The van der Waals surface area contributed by atoms with E-state index < -0.39 is 0 Å². The highest BCUT2D eigenvalue weighted by atomic mass is 16.1. The highest BCUT2D eigenvalue weighted by Crippen LogP contribution is 2.03. The molecular formula is C10H17N3O. The zero-order valence-corrected chi connectivity index (χ0v) is 9.00. The highest BCUT2D eigenvalue weighted by molar-refractivity contribution is 5.13. The molecule has 0 aromatic carbocycles. The summed E-state index contributed by atoms with van der Waals surface area (Å²) in [5.74, 6) is 0. The highest BCUT2D eigenvalue weighted by Gasteiger charge is 2.00. The van der Waals surface area contributed by atoms with Crippen LogP contribution in [-0.2, 0) is 6.42 Å². The van der Waals surface area contributed by atoms with Crippen molar-refractivity contribution in [3.05, 3.63) is 27.9 Å². The third kappa shape index (κ3) is 3.30. The number of aromatic amines is 1. The summed E-state index contributed by atoms with van der Waals surface area (Å²) in [6.45, 7) is 2.96. The van der Waals surface area contributed by atoms with E-state index in [0.717, 1.165) is 30.6 Å². The number of aryl methyl sites for hydroxylation is 2. The quantitative estimate of drug-likeness (QED) is 0.764. The molecule has 78 valence electrons. The Bertz CT molecular complexity index is 343. The van der Waals surface area contributed by atoms with Gasteiger partial charge in [-0.15, -0.1) is 0 Å². The van der Waals surface area contributed by atoms with E-state index in [4.69, 9.17) is 0 Å². The molecule has 4 nitrogen and oxygen atoms in total. The average Bonchev–Trinajstić information content (AvgIpc) is 2.08. The Balaban J connectivity index is 2.55. The van der Waals surface area contributed by atoms with Crippen LogP contribution in [0.3, 0.4) is 0 Å². The minimum Gasteiger partial charge on any atom is -0.310 e. The van der Waals surface area contributed by atoms with Gasteiger partial charge in [0, 0.05) is 11.9 Å². The number of rotatable bonds is 4. The molecule has 0 amide bonds. The number of hydrogen-bond acceptors (Lipinski definition) is 3. The second kappa shape index (κ2) is 4.91. The van der Waals surface area contributed by atoms with E-state index in [-0.39, 0.29) is 5.69 Å². The minimum absolute atomic E-state index is 0.265. The number of aromatic nitrogens is 2. The summed E-state index contributed by atoms with van der Waals surface area (Å²) in [5, 5.41) is 0. The zero-order chi connectivity index (χ0) is 10.6. The summed E-state index contributed by atoms with van der Waals surface area (Å²) in [6.07, 6.45) is 3.72. The van der Waals surface area contributed by atoms with Crippen molar-refractivity contribution >= 4 is 0 Å². The molecule has 14 heavy (non-hydrogen) atoms. The fourth-order valence-electron chi connectivity index (χ4n) is 1.34. The van der Waals surface area contributed by atoms with Crippen molar-refractivity contribution in [2.45, 2.75) is 19.8 Å². The molecule has 0 aliphatic rings. The molecule has 1 rings (SSSR count). The summed E-state index contributed by atoms with van der Waals surface area (Å²) in [5.41, 5.74) is 1.80. The third-order valence-electron chi connectivity index (χ3n) is 2.17. The SMILES string of the molecule is Cc1[nH]c(=O)ncc1CCCN(C)C. The number of nitrogens with zero attached hydrogens (tertiary/aromatic N) is 2. The summed E-state index contributed by atoms with van der Waals surface area (Å²) in [4.78, 5) is 19.4. The molecule has 0 bridgehead atoms. The predicted molar refractivity (Wildman–Crippen MR) is 56.5 cm³/mol. The maximum absolute atomic E-state index is 10.8. The van der Waals surface area contributed by atoms with E-state index in [9.17, 15) is 4.79 Å². The average molecular weight is 195 g/mol. The van der Waals surface area contributed by atoms with Crippen LogP contribution in [0.2, 0.25) is 0 Å². The maximum atomic E-state index is 10.8. The standard InChI is InChI=1S/C10H17N3O/c1-8-9(5-4-6-13(2)3)7-11-10(14)12-8/h7H,4-6H2,1-3H3,(H,11,12,14). The topological polar surface area (TPSA) is 49.0 Å². The Morgan fingerprint density at radius 3 is 2.79 bits per heavy atom. The second-order valence-electron chi connectivity index (χ2n) is 3.75.